The minimum absolute atomic E-state index is 0. The number of nitrogens with one attached hydrogen (secondary N) is 2. The molecule has 1 aliphatic heterocycles. The van der Waals surface area contributed by atoms with Crippen molar-refractivity contribution in [2.45, 2.75) is 38.7 Å². The molecule has 1 atom stereocenters. The lowest BCUT2D eigenvalue weighted by molar-refractivity contribution is -0.130. The van der Waals surface area contributed by atoms with Gasteiger partial charge in [0.1, 0.15) is 12.1 Å². The molecule has 0 spiro atoms. The molecular weight excluding hydrogens is 447 g/mol. The minimum atomic E-state index is -1.08. The number of aromatic nitrogens is 2. The summed E-state index contributed by atoms with van der Waals surface area (Å²) >= 11 is 0. The zero-order valence-corrected chi connectivity index (χ0v) is 18.2. The Labute approximate surface area is 172 Å². The number of likely N-dealkylation sites (tertiary alicyclic amines) is 1. The van der Waals surface area contributed by atoms with E-state index in [0.29, 0.717) is 12.5 Å². The highest BCUT2D eigenvalue weighted by atomic mass is 127. The summed E-state index contributed by atoms with van der Waals surface area (Å²) in [6, 6.07) is 0. The maximum atomic E-state index is 12.2. The molecule has 0 saturated carbocycles. The van der Waals surface area contributed by atoms with Crippen molar-refractivity contribution in [1.82, 2.24) is 25.3 Å². The number of hydrogen-bond donors (Lipinski definition) is 3. The number of rotatable bonds is 6. The molecule has 1 fully saturated rings. The first-order valence-corrected chi connectivity index (χ1v) is 8.94. The lowest BCUT2D eigenvalue weighted by Gasteiger charge is -2.26. The van der Waals surface area contributed by atoms with Crippen LogP contribution in [0.5, 0.6) is 0 Å². The van der Waals surface area contributed by atoms with Crippen molar-refractivity contribution in [3.63, 3.8) is 0 Å². The van der Waals surface area contributed by atoms with Crippen molar-refractivity contribution in [1.29, 1.82) is 0 Å². The molecule has 8 nitrogen and oxygen atoms in total. The largest absolute Gasteiger partial charge is 0.383 e. The van der Waals surface area contributed by atoms with Crippen LogP contribution in [0.2, 0.25) is 0 Å². The summed E-state index contributed by atoms with van der Waals surface area (Å²) in [7, 11) is 1.81. The maximum Gasteiger partial charge on any atom is 0.244 e. The molecule has 1 saturated heterocycles. The highest BCUT2D eigenvalue weighted by molar-refractivity contribution is 14.0. The quantitative estimate of drug-likeness (QED) is 0.320. The molecule has 26 heavy (non-hydrogen) atoms. The average molecular weight is 478 g/mol. The molecule has 1 aliphatic rings. The minimum Gasteiger partial charge on any atom is -0.383 e. The topological polar surface area (TPSA) is 94.8 Å². The van der Waals surface area contributed by atoms with E-state index < -0.39 is 5.60 Å². The fraction of sp³-hybridized carbons (Fsp3) is 0.706. The zero-order chi connectivity index (χ0) is 18.3. The number of piperidine rings is 1. The molecule has 1 aromatic rings. The third-order valence-corrected chi connectivity index (χ3v) is 4.35. The number of hydrogen-bond acceptors (Lipinski definition) is 4. The van der Waals surface area contributed by atoms with Crippen molar-refractivity contribution in [2.24, 2.45) is 12.0 Å². The Morgan fingerprint density at radius 2 is 2.04 bits per heavy atom. The number of aliphatic imine (C=N–C) groups is 1. The second-order valence-corrected chi connectivity index (χ2v) is 6.67. The summed E-state index contributed by atoms with van der Waals surface area (Å²) in [5.74, 6) is 0.577. The lowest BCUT2D eigenvalue weighted by Crippen LogP contribution is -2.45. The second-order valence-electron chi connectivity index (χ2n) is 6.67. The molecule has 1 unspecified atom stereocenters. The number of aryl methyl sites for hydroxylation is 1. The van der Waals surface area contributed by atoms with Crippen molar-refractivity contribution < 1.29 is 9.90 Å². The van der Waals surface area contributed by atoms with Gasteiger partial charge in [0.2, 0.25) is 5.91 Å². The van der Waals surface area contributed by atoms with Gasteiger partial charge in [0.15, 0.2) is 5.96 Å². The monoisotopic (exact) mass is 478 g/mol. The predicted molar refractivity (Wildman–Crippen MR) is 113 cm³/mol. The molecule has 1 aromatic heterocycles. The van der Waals surface area contributed by atoms with Gasteiger partial charge in [0.25, 0.3) is 0 Å². The number of halogens is 1. The van der Waals surface area contributed by atoms with Gasteiger partial charge in [-0.05, 0) is 33.1 Å². The Kier molecular flexibility index (Phi) is 9.34. The fourth-order valence-electron chi connectivity index (χ4n) is 2.79. The normalized spacial score (nSPS) is 17.2. The number of aliphatic hydroxyl groups is 1. The lowest BCUT2D eigenvalue weighted by atomic mass is 10.00. The van der Waals surface area contributed by atoms with Crippen molar-refractivity contribution >= 4 is 35.8 Å². The molecule has 0 radical (unpaired) electrons. The molecule has 3 N–H and O–H groups in total. The van der Waals surface area contributed by atoms with E-state index in [-0.39, 0.29) is 43.0 Å². The van der Waals surface area contributed by atoms with E-state index >= 15 is 0 Å². The first-order chi connectivity index (χ1) is 11.9. The van der Waals surface area contributed by atoms with Crippen LogP contribution in [0, 0.1) is 0 Å². The number of carbonyl (C=O) groups is 1. The Morgan fingerprint density at radius 3 is 2.62 bits per heavy atom. The number of guanidine groups is 1. The SMILES string of the molecule is CCNC(=NCC(=O)N1CCCCC1)NCC(C)(O)c1cnn(C)c1.I. The Bertz CT molecular complexity index is 596. The average Bonchev–Trinajstić information content (AvgIpc) is 3.05. The van der Waals surface area contributed by atoms with Gasteiger partial charge in [-0.15, -0.1) is 24.0 Å². The van der Waals surface area contributed by atoms with Crippen LogP contribution >= 0.6 is 24.0 Å². The smallest absolute Gasteiger partial charge is 0.244 e. The van der Waals surface area contributed by atoms with E-state index in [9.17, 15) is 9.90 Å². The molecule has 0 aliphatic carbocycles. The molecule has 0 aromatic carbocycles. The molecule has 9 heteroatoms. The van der Waals surface area contributed by atoms with E-state index in [2.05, 4.69) is 20.7 Å². The van der Waals surface area contributed by atoms with Gasteiger partial charge >= 0.3 is 0 Å². The first-order valence-electron chi connectivity index (χ1n) is 8.94. The van der Waals surface area contributed by atoms with Crippen LogP contribution in [-0.4, -0.2) is 64.4 Å². The van der Waals surface area contributed by atoms with Crippen LogP contribution in [0.3, 0.4) is 0 Å². The van der Waals surface area contributed by atoms with Crippen LogP contribution in [0.15, 0.2) is 17.4 Å². The van der Waals surface area contributed by atoms with Crippen LogP contribution < -0.4 is 10.6 Å². The van der Waals surface area contributed by atoms with Crippen LogP contribution in [0.25, 0.3) is 0 Å². The molecule has 1 amide bonds. The Balaban J connectivity index is 0.00000338. The number of nitrogens with zero attached hydrogens (tertiary/aromatic N) is 4. The first kappa shape index (κ1) is 22.7. The number of amides is 1. The standard InChI is InChI=1S/C17H30N6O2.HI/c1-4-18-16(19-11-15(24)23-8-6-5-7-9-23)20-13-17(2,25)14-10-21-22(3)12-14;/h10,12,25H,4-9,11,13H2,1-3H3,(H2,18,19,20);1H. The Hall–Kier alpha value is -1.36. The van der Waals surface area contributed by atoms with E-state index in [1.54, 1.807) is 24.0 Å². The van der Waals surface area contributed by atoms with Crippen LogP contribution in [0.4, 0.5) is 0 Å². The molecule has 148 valence electrons. The maximum absolute atomic E-state index is 12.2. The zero-order valence-electron chi connectivity index (χ0n) is 15.9. The van der Waals surface area contributed by atoms with Crippen molar-refractivity contribution in [3.05, 3.63) is 18.0 Å². The number of carbonyl (C=O) groups excluding carboxylic acids is 1. The van der Waals surface area contributed by atoms with E-state index in [0.717, 1.165) is 31.5 Å². The summed E-state index contributed by atoms with van der Waals surface area (Å²) < 4.78 is 1.65. The summed E-state index contributed by atoms with van der Waals surface area (Å²) in [5.41, 5.74) is -0.357. The molecule has 2 heterocycles. The van der Waals surface area contributed by atoms with Gasteiger partial charge in [-0.1, -0.05) is 0 Å². The van der Waals surface area contributed by atoms with Gasteiger partial charge in [-0.2, -0.15) is 5.10 Å². The van der Waals surface area contributed by atoms with Gasteiger partial charge in [-0.25, -0.2) is 4.99 Å². The third kappa shape index (κ3) is 6.75. The molecular formula is C17H31IN6O2. The van der Waals surface area contributed by atoms with E-state index in [4.69, 9.17) is 0 Å². The van der Waals surface area contributed by atoms with Gasteiger partial charge in [0, 0.05) is 38.4 Å². The van der Waals surface area contributed by atoms with Gasteiger partial charge in [0.05, 0.1) is 12.7 Å². The molecule has 0 bridgehead atoms. The highest BCUT2D eigenvalue weighted by Gasteiger charge is 2.25. The van der Waals surface area contributed by atoms with Gasteiger partial charge < -0.3 is 20.6 Å². The summed E-state index contributed by atoms with van der Waals surface area (Å²) in [5, 5.41) is 20.9. The predicted octanol–water partition coefficient (Wildman–Crippen LogP) is 0.813. The van der Waals surface area contributed by atoms with Gasteiger partial charge in [-0.3, -0.25) is 9.48 Å². The van der Waals surface area contributed by atoms with Crippen molar-refractivity contribution in [2.75, 3.05) is 32.7 Å². The van der Waals surface area contributed by atoms with Crippen molar-refractivity contribution in [3.8, 4) is 0 Å². The third-order valence-electron chi connectivity index (χ3n) is 4.35. The molecule has 2 rings (SSSR count). The van der Waals surface area contributed by atoms with Crippen LogP contribution in [-0.2, 0) is 17.4 Å². The Morgan fingerprint density at radius 1 is 1.35 bits per heavy atom. The summed E-state index contributed by atoms with van der Waals surface area (Å²) in [4.78, 5) is 18.5. The summed E-state index contributed by atoms with van der Waals surface area (Å²) in [6.07, 6.45) is 6.77. The van der Waals surface area contributed by atoms with Crippen LogP contribution in [0.1, 0.15) is 38.7 Å². The second kappa shape index (κ2) is 10.7. The van der Waals surface area contributed by atoms with E-state index in [1.165, 1.54) is 6.42 Å². The highest BCUT2D eigenvalue weighted by Crippen LogP contribution is 2.18. The summed E-state index contributed by atoms with van der Waals surface area (Å²) in [6.45, 7) is 6.40. The fourth-order valence-corrected chi connectivity index (χ4v) is 2.79. The van der Waals surface area contributed by atoms with E-state index in [1.807, 2.05) is 18.9 Å².